The lowest BCUT2D eigenvalue weighted by Crippen LogP contribution is -2.09. The van der Waals surface area contributed by atoms with Gasteiger partial charge in [0.25, 0.3) is 0 Å². The summed E-state index contributed by atoms with van der Waals surface area (Å²) in [5.41, 5.74) is -0.600. The number of carboxylic acid groups (broad SMARTS) is 1. The third-order valence-electron chi connectivity index (χ3n) is 4.06. The van der Waals surface area contributed by atoms with Gasteiger partial charge >= 0.3 is 5.97 Å². The fourth-order valence-electron chi connectivity index (χ4n) is 2.66. The van der Waals surface area contributed by atoms with Gasteiger partial charge in [-0.25, -0.2) is 22.0 Å². The van der Waals surface area contributed by atoms with Gasteiger partial charge < -0.3 is 10.2 Å². The number of aromatic hydroxyl groups is 1. The first-order valence-electron chi connectivity index (χ1n) is 7.97. The predicted octanol–water partition coefficient (Wildman–Crippen LogP) is 4.06. The maximum atomic E-state index is 14.3. The molecule has 150 valence electrons. The van der Waals surface area contributed by atoms with E-state index >= 15 is 0 Å². The van der Waals surface area contributed by atoms with Crippen molar-refractivity contribution < 1.29 is 32.2 Å². The van der Waals surface area contributed by atoms with Crippen LogP contribution in [0.2, 0.25) is 5.02 Å². The number of phenolic OH excluding ortho intramolecular Hbond substituents is 1. The Kier molecular flexibility index (Phi) is 5.54. The summed E-state index contributed by atoms with van der Waals surface area (Å²) in [6.07, 6.45) is 2.79. The lowest BCUT2D eigenvalue weighted by atomic mass is 10.0. The van der Waals surface area contributed by atoms with Gasteiger partial charge in [-0.2, -0.15) is 0 Å². The van der Waals surface area contributed by atoms with Crippen molar-refractivity contribution in [2.45, 2.75) is 10.6 Å². The number of nitrogens with zero attached hydrogens (tertiary/aromatic N) is 1. The lowest BCUT2D eigenvalue weighted by molar-refractivity contribution is 0.0696. The van der Waals surface area contributed by atoms with E-state index in [9.17, 15) is 27.1 Å². The van der Waals surface area contributed by atoms with Crippen molar-refractivity contribution in [3.63, 3.8) is 0 Å². The molecule has 0 aliphatic heterocycles. The fourth-order valence-corrected chi connectivity index (χ4v) is 4.44. The molecule has 10 heteroatoms. The summed E-state index contributed by atoms with van der Waals surface area (Å²) in [7, 11) is -4.43. The van der Waals surface area contributed by atoms with E-state index in [0.29, 0.717) is 11.6 Å². The minimum atomic E-state index is -4.43. The van der Waals surface area contributed by atoms with E-state index < -0.39 is 54.4 Å². The van der Waals surface area contributed by atoms with Gasteiger partial charge in [-0.15, -0.1) is 0 Å². The number of halogens is 3. The van der Waals surface area contributed by atoms with Crippen LogP contribution in [0.1, 0.15) is 15.9 Å². The molecule has 2 N–H and O–H groups in total. The molecule has 0 unspecified atom stereocenters. The highest BCUT2D eigenvalue weighted by Gasteiger charge is 2.26. The molecule has 2 aromatic carbocycles. The van der Waals surface area contributed by atoms with Crippen LogP contribution < -0.4 is 0 Å². The molecule has 0 saturated carbocycles. The molecule has 0 spiro atoms. The third kappa shape index (κ3) is 4.20. The zero-order valence-corrected chi connectivity index (χ0v) is 16.0. The Labute approximate surface area is 169 Å². The molecule has 0 radical (unpaired) electrons. The highest BCUT2D eigenvalue weighted by Crippen LogP contribution is 2.35. The minimum Gasteiger partial charge on any atom is -0.505 e. The normalized spacial score (nSPS) is 11.4. The number of phenols is 1. The molecule has 0 fully saturated rings. The molecule has 1 heterocycles. The molecule has 0 atom stereocenters. The van der Waals surface area contributed by atoms with Gasteiger partial charge in [0, 0.05) is 35.2 Å². The Bertz CT molecular complexity index is 1220. The van der Waals surface area contributed by atoms with Gasteiger partial charge in [0.15, 0.2) is 15.6 Å². The topological polar surface area (TPSA) is 105 Å². The van der Waals surface area contributed by atoms with Gasteiger partial charge in [-0.3, -0.25) is 4.98 Å². The molecule has 0 aliphatic rings. The Morgan fingerprint density at radius 3 is 2.48 bits per heavy atom. The minimum absolute atomic E-state index is 0.0637. The van der Waals surface area contributed by atoms with Crippen molar-refractivity contribution in [3.05, 3.63) is 76.6 Å². The van der Waals surface area contributed by atoms with Crippen LogP contribution in [-0.2, 0) is 15.6 Å². The fraction of sp³-hybridized carbons (Fsp3) is 0.0526. The quantitative estimate of drug-likeness (QED) is 0.621. The van der Waals surface area contributed by atoms with E-state index in [-0.39, 0.29) is 11.1 Å². The van der Waals surface area contributed by atoms with Crippen LogP contribution in [0, 0.1) is 11.6 Å². The summed E-state index contributed by atoms with van der Waals surface area (Å²) in [6, 6.07) is 6.24. The third-order valence-corrected chi connectivity index (χ3v) is 6.03. The van der Waals surface area contributed by atoms with Crippen LogP contribution in [-0.4, -0.2) is 29.6 Å². The number of aromatic carboxylic acids is 1. The maximum Gasteiger partial charge on any atom is 0.335 e. The van der Waals surface area contributed by atoms with Crippen molar-refractivity contribution in [1.82, 2.24) is 4.98 Å². The molecule has 3 aromatic rings. The monoisotopic (exact) mass is 439 g/mol. The highest BCUT2D eigenvalue weighted by molar-refractivity contribution is 7.90. The Balaban J connectivity index is 2.09. The molecule has 3 rings (SSSR count). The van der Waals surface area contributed by atoms with E-state index in [1.807, 2.05) is 0 Å². The summed E-state index contributed by atoms with van der Waals surface area (Å²) in [5, 5.41) is 18.6. The first kappa shape index (κ1) is 20.7. The van der Waals surface area contributed by atoms with E-state index in [0.717, 1.165) is 18.2 Å². The van der Waals surface area contributed by atoms with Crippen molar-refractivity contribution >= 4 is 27.4 Å². The smallest absolute Gasteiger partial charge is 0.335 e. The molecule has 6 nitrogen and oxygen atoms in total. The lowest BCUT2D eigenvalue weighted by Gasteiger charge is -2.12. The number of sulfone groups is 1. The van der Waals surface area contributed by atoms with E-state index in [1.165, 1.54) is 24.5 Å². The number of carbonyl (C=O) groups is 1. The average molecular weight is 440 g/mol. The first-order chi connectivity index (χ1) is 13.6. The summed E-state index contributed by atoms with van der Waals surface area (Å²) in [6.45, 7) is 0. The Morgan fingerprint density at radius 2 is 1.86 bits per heavy atom. The SMILES string of the molecule is O=C(O)c1cc(Cl)c(O)c(S(=O)(=O)Cc2cc(-c3cccnc3)c(F)cc2F)c1. The summed E-state index contributed by atoms with van der Waals surface area (Å²) in [5.74, 6) is -5.30. The number of rotatable bonds is 5. The molecule has 0 bridgehead atoms. The second-order valence-electron chi connectivity index (χ2n) is 6.03. The van der Waals surface area contributed by atoms with E-state index in [1.54, 1.807) is 0 Å². The Morgan fingerprint density at radius 1 is 1.14 bits per heavy atom. The summed E-state index contributed by atoms with van der Waals surface area (Å²) >= 11 is 5.72. The number of hydrogen-bond donors (Lipinski definition) is 2. The van der Waals surface area contributed by atoms with Crippen LogP contribution in [0.4, 0.5) is 8.78 Å². The number of hydrogen-bond acceptors (Lipinski definition) is 5. The van der Waals surface area contributed by atoms with Crippen LogP contribution >= 0.6 is 11.6 Å². The van der Waals surface area contributed by atoms with E-state index in [2.05, 4.69) is 4.98 Å². The largest absolute Gasteiger partial charge is 0.505 e. The first-order valence-corrected chi connectivity index (χ1v) is 10.00. The average Bonchev–Trinajstić information content (AvgIpc) is 2.66. The van der Waals surface area contributed by atoms with Crippen molar-refractivity contribution in [1.29, 1.82) is 0 Å². The van der Waals surface area contributed by atoms with Crippen LogP contribution in [0.25, 0.3) is 11.1 Å². The van der Waals surface area contributed by atoms with Gasteiger partial charge in [0.05, 0.1) is 16.3 Å². The van der Waals surface area contributed by atoms with Crippen molar-refractivity contribution in [2.75, 3.05) is 0 Å². The van der Waals surface area contributed by atoms with Crippen LogP contribution in [0.15, 0.2) is 53.7 Å². The standard InChI is InChI=1S/C19H12ClF2NO5S/c20-14-5-11(19(25)26)6-17(18(14)24)29(27,28)9-12-4-13(16(22)7-15(12)21)10-2-1-3-23-8-10/h1-8,24H,9H2,(H,25,26). The highest BCUT2D eigenvalue weighted by atomic mass is 35.5. The zero-order chi connectivity index (χ0) is 21.3. The molecule has 0 amide bonds. The van der Waals surface area contributed by atoms with E-state index in [4.69, 9.17) is 16.7 Å². The van der Waals surface area contributed by atoms with Gasteiger partial charge in [0.1, 0.15) is 16.5 Å². The Hall–Kier alpha value is -3.04. The zero-order valence-electron chi connectivity index (χ0n) is 14.4. The molecule has 29 heavy (non-hydrogen) atoms. The number of pyridine rings is 1. The van der Waals surface area contributed by atoms with Gasteiger partial charge in [-0.05, 0) is 24.3 Å². The molecule has 0 saturated heterocycles. The van der Waals surface area contributed by atoms with Gasteiger partial charge in [0.2, 0.25) is 0 Å². The van der Waals surface area contributed by atoms with Crippen molar-refractivity contribution in [2.24, 2.45) is 0 Å². The second-order valence-corrected chi connectivity index (χ2v) is 8.40. The number of carboxylic acids is 1. The molecular weight excluding hydrogens is 428 g/mol. The molecular formula is C19H12ClF2NO5S. The predicted molar refractivity (Wildman–Crippen MR) is 101 cm³/mol. The number of aromatic nitrogens is 1. The summed E-state index contributed by atoms with van der Waals surface area (Å²) in [4.78, 5) is 14.2. The second kappa shape index (κ2) is 7.76. The number of benzene rings is 2. The molecule has 1 aromatic heterocycles. The van der Waals surface area contributed by atoms with Crippen LogP contribution in [0.3, 0.4) is 0 Å². The molecule has 0 aliphatic carbocycles. The summed E-state index contributed by atoms with van der Waals surface area (Å²) < 4.78 is 54.0. The van der Waals surface area contributed by atoms with Gasteiger partial charge in [-0.1, -0.05) is 17.7 Å². The maximum absolute atomic E-state index is 14.3. The van der Waals surface area contributed by atoms with Crippen LogP contribution in [0.5, 0.6) is 5.75 Å². The van der Waals surface area contributed by atoms with Crippen molar-refractivity contribution in [3.8, 4) is 16.9 Å².